The topological polar surface area (TPSA) is 66.6 Å². The van der Waals surface area contributed by atoms with Gasteiger partial charge in [-0.3, -0.25) is 4.79 Å². The lowest BCUT2D eigenvalue weighted by Gasteiger charge is -2.20. The molecule has 1 aromatic heterocycles. The number of methoxy groups -OCH3 is 2. The van der Waals surface area contributed by atoms with Gasteiger partial charge in [0.1, 0.15) is 17.2 Å². The molecule has 1 unspecified atom stereocenters. The van der Waals surface area contributed by atoms with Gasteiger partial charge in [0.15, 0.2) is 0 Å². The molecule has 2 N–H and O–H groups in total. The summed E-state index contributed by atoms with van der Waals surface area (Å²) in [6.07, 6.45) is 2.66. The summed E-state index contributed by atoms with van der Waals surface area (Å²) in [5.41, 5.74) is 1.63. The van der Waals surface area contributed by atoms with Crippen LogP contribution in [-0.2, 0) is 0 Å². The van der Waals surface area contributed by atoms with Crippen LogP contribution in [0.1, 0.15) is 16.9 Å². The number of H-pyrrole nitrogens is 1. The van der Waals surface area contributed by atoms with Crippen LogP contribution in [0.25, 0.3) is 0 Å². The van der Waals surface area contributed by atoms with Crippen molar-refractivity contribution in [1.82, 2.24) is 10.3 Å². The number of benzene rings is 1. The van der Waals surface area contributed by atoms with Crippen LogP contribution in [0.2, 0.25) is 0 Å². The van der Waals surface area contributed by atoms with Crippen molar-refractivity contribution >= 4 is 11.6 Å². The molecule has 1 fully saturated rings. The van der Waals surface area contributed by atoms with E-state index in [1.807, 2.05) is 24.3 Å². The molecule has 23 heavy (non-hydrogen) atoms. The summed E-state index contributed by atoms with van der Waals surface area (Å²) in [5.74, 6) is 1.46. The van der Waals surface area contributed by atoms with Crippen LogP contribution in [0.15, 0.2) is 36.5 Å². The van der Waals surface area contributed by atoms with E-state index in [1.54, 1.807) is 26.5 Å². The average molecular weight is 315 g/mol. The predicted molar refractivity (Wildman–Crippen MR) is 88.4 cm³/mol. The second-order valence-corrected chi connectivity index (χ2v) is 5.56. The van der Waals surface area contributed by atoms with Crippen molar-refractivity contribution < 1.29 is 14.3 Å². The number of carbonyl (C=O) groups excluding carboxylic acids is 1. The third kappa shape index (κ3) is 3.41. The number of nitrogens with zero attached hydrogens (tertiary/aromatic N) is 1. The Kier molecular flexibility index (Phi) is 4.41. The molecule has 3 rings (SSSR count). The summed E-state index contributed by atoms with van der Waals surface area (Å²) in [6.45, 7) is 1.65. The van der Waals surface area contributed by atoms with Gasteiger partial charge in [-0.05, 0) is 18.6 Å². The Labute approximate surface area is 135 Å². The lowest BCUT2D eigenvalue weighted by Crippen LogP contribution is -2.37. The van der Waals surface area contributed by atoms with Gasteiger partial charge in [-0.1, -0.05) is 0 Å². The molecule has 1 aliphatic heterocycles. The lowest BCUT2D eigenvalue weighted by molar-refractivity contribution is 0.0936. The third-order valence-corrected chi connectivity index (χ3v) is 4.07. The first kappa shape index (κ1) is 15.3. The zero-order valence-corrected chi connectivity index (χ0v) is 13.3. The van der Waals surface area contributed by atoms with Crippen molar-refractivity contribution in [3.05, 3.63) is 42.2 Å². The summed E-state index contributed by atoms with van der Waals surface area (Å²) in [7, 11) is 3.28. The zero-order chi connectivity index (χ0) is 16.2. The third-order valence-electron chi connectivity index (χ3n) is 4.07. The Morgan fingerprint density at radius 3 is 2.61 bits per heavy atom. The van der Waals surface area contributed by atoms with E-state index in [9.17, 15) is 4.79 Å². The predicted octanol–water partition coefficient (Wildman–Crippen LogP) is 2.04. The van der Waals surface area contributed by atoms with E-state index in [1.165, 1.54) is 0 Å². The number of hydrogen-bond acceptors (Lipinski definition) is 4. The minimum absolute atomic E-state index is 0.0647. The van der Waals surface area contributed by atoms with E-state index < -0.39 is 0 Å². The molecule has 2 heterocycles. The molecule has 6 nitrogen and oxygen atoms in total. The molecule has 122 valence electrons. The van der Waals surface area contributed by atoms with Gasteiger partial charge < -0.3 is 24.7 Å². The Hall–Kier alpha value is -2.63. The second kappa shape index (κ2) is 6.64. The van der Waals surface area contributed by atoms with Crippen molar-refractivity contribution in [2.45, 2.75) is 12.5 Å². The van der Waals surface area contributed by atoms with Gasteiger partial charge in [0, 0.05) is 49.2 Å². The fourth-order valence-corrected chi connectivity index (χ4v) is 2.82. The maximum atomic E-state index is 12.1. The molecule has 0 saturated carbocycles. The first-order valence-corrected chi connectivity index (χ1v) is 7.62. The van der Waals surface area contributed by atoms with E-state index in [-0.39, 0.29) is 11.9 Å². The number of hydrogen-bond donors (Lipinski definition) is 2. The minimum Gasteiger partial charge on any atom is -0.497 e. The normalized spacial score (nSPS) is 17.1. The highest BCUT2D eigenvalue weighted by atomic mass is 16.5. The molecule has 0 spiro atoms. The molecule has 1 aromatic carbocycles. The minimum atomic E-state index is -0.0647. The molecule has 2 aromatic rings. The van der Waals surface area contributed by atoms with Crippen LogP contribution in [0.3, 0.4) is 0 Å². The Bertz CT molecular complexity index is 647. The van der Waals surface area contributed by atoms with Crippen LogP contribution in [0.4, 0.5) is 5.69 Å². The molecule has 0 bridgehead atoms. The van der Waals surface area contributed by atoms with Crippen molar-refractivity contribution in [1.29, 1.82) is 0 Å². The first-order valence-electron chi connectivity index (χ1n) is 7.62. The molecule has 0 radical (unpaired) electrons. The highest BCUT2D eigenvalue weighted by molar-refractivity contribution is 5.92. The Morgan fingerprint density at radius 1 is 1.26 bits per heavy atom. The highest BCUT2D eigenvalue weighted by Crippen LogP contribution is 2.30. The lowest BCUT2D eigenvalue weighted by atomic mass is 10.2. The summed E-state index contributed by atoms with van der Waals surface area (Å²) in [6, 6.07) is 9.54. The van der Waals surface area contributed by atoms with Crippen molar-refractivity contribution in [2.24, 2.45) is 0 Å². The van der Waals surface area contributed by atoms with Crippen LogP contribution in [0.5, 0.6) is 11.5 Å². The van der Waals surface area contributed by atoms with Gasteiger partial charge in [0.25, 0.3) is 5.91 Å². The largest absolute Gasteiger partial charge is 0.497 e. The maximum Gasteiger partial charge on any atom is 0.267 e. The van der Waals surface area contributed by atoms with E-state index in [0.717, 1.165) is 36.7 Å². The van der Waals surface area contributed by atoms with E-state index in [0.29, 0.717) is 5.69 Å². The van der Waals surface area contributed by atoms with E-state index in [4.69, 9.17) is 9.47 Å². The average Bonchev–Trinajstić information content (AvgIpc) is 3.26. The number of ether oxygens (including phenoxy) is 2. The van der Waals surface area contributed by atoms with Gasteiger partial charge >= 0.3 is 0 Å². The summed E-state index contributed by atoms with van der Waals surface area (Å²) >= 11 is 0. The number of amides is 1. The molecular weight excluding hydrogens is 294 g/mol. The second-order valence-electron chi connectivity index (χ2n) is 5.56. The number of aromatic amines is 1. The molecular formula is C17H21N3O3. The maximum absolute atomic E-state index is 12.1. The number of aromatic nitrogens is 1. The first-order chi connectivity index (χ1) is 11.2. The van der Waals surface area contributed by atoms with Gasteiger partial charge in [-0.2, -0.15) is 0 Å². The van der Waals surface area contributed by atoms with Gasteiger partial charge in [-0.15, -0.1) is 0 Å². The number of nitrogens with one attached hydrogen (secondary N) is 2. The van der Waals surface area contributed by atoms with Crippen molar-refractivity contribution in [3.8, 4) is 11.5 Å². The monoisotopic (exact) mass is 315 g/mol. The van der Waals surface area contributed by atoms with Crippen LogP contribution in [-0.4, -0.2) is 44.2 Å². The molecule has 0 aliphatic carbocycles. The van der Waals surface area contributed by atoms with Crippen LogP contribution in [0, 0.1) is 0 Å². The van der Waals surface area contributed by atoms with Crippen molar-refractivity contribution in [2.75, 3.05) is 32.2 Å². The zero-order valence-electron chi connectivity index (χ0n) is 13.3. The SMILES string of the molecule is COc1cc(OC)cc(N2CCC(NC(=O)c3ccc[nH]3)C2)c1. The summed E-state index contributed by atoms with van der Waals surface area (Å²) in [4.78, 5) is 17.3. The smallest absolute Gasteiger partial charge is 0.267 e. The van der Waals surface area contributed by atoms with Gasteiger partial charge in [0.05, 0.1) is 14.2 Å². The number of anilines is 1. The van der Waals surface area contributed by atoms with Crippen molar-refractivity contribution in [3.63, 3.8) is 0 Å². The molecule has 1 amide bonds. The molecule has 1 atom stereocenters. The van der Waals surface area contributed by atoms with Gasteiger partial charge in [0.2, 0.25) is 0 Å². The fraction of sp³-hybridized carbons (Fsp3) is 0.353. The number of carbonyl (C=O) groups is 1. The summed E-state index contributed by atoms with van der Waals surface area (Å²) in [5, 5.41) is 3.06. The number of rotatable bonds is 5. The standard InChI is InChI=1S/C17H21N3O3/c1-22-14-8-13(9-15(10-14)23-2)20-7-5-12(11-20)19-17(21)16-4-3-6-18-16/h3-4,6,8-10,12,18H,5,7,11H2,1-2H3,(H,19,21). The Balaban J connectivity index is 1.66. The van der Waals surface area contributed by atoms with E-state index in [2.05, 4.69) is 15.2 Å². The summed E-state index contributed by atoms with van der Waals surface area (Å²) < 4.78 is 10.6. The van der Waals surface area contributed by atoms with Crippen LogP contribution < -0.4 is 19.7 Å². The molecule has 1 saturated heterocycles. The molecule has 6 heteroatoms. The van der Waals surface area contributed by atoms with Gasteiger partial charge in [-0.25, -0.2) is 0 Å². The highest BCUT2D eigenvalue weighted by Gasteiger charge is 2.25. The Morgan fingerprint density at radius 2 is 2.00 bits per heavy atom. The van der Waals surface area contributed by atoms with Crippen LogP contribution >= 0.6 is 0 Å². The quantitative estimate of drug-likeness (QED) is 0.886. The van der Waals surface area contributed by atoms with E-state index >= 15 is 0 Å². The molecule has 1 aliphatic rings. The fourth-order valence-electron chi connectivity index (χ4n) is 2.82.